The lowest BCUT2D eigenvalue weighted by Crippen LogP contribution is -2.12. The van der Waals surface area contributed by atoms with E-state index in [1.165, 1.54) is 20.3 Å². The van der Waals surface area contributed by atoms with Gasteiger partial charge in [-0.2, -0.15) is 5.10 Å². The number of carbonyl (C=O) groups is 1. The fourth-order valence-corrected chi connectivity index (χ4v) is 4.42. The molecular formula is C25H29BrN6O4. The number of halogens is 1. The molecule has 0 aliphatic rings. The molecule has 190 valence electrons. The monoisotopic (exact) mass is 556 g/mol. The van der Waals surface area contributed by atoms with E-state index in [1.807, 2.05) is 18.2 Å². The Labute approximate surface area is 217 Å². The molecule has 3 heterocycles. The highest BCUT2D eigenvalue weighted by molar-refractivity contribution is 9.10. The number of aryl methyl sites for hydroxylation is 1. The van der Waals surface area contributed by atoms with E-state index in [-0.39, 0.29) is 0 Å². The third-order valence-electron chi connectivity index (χ3n) is 5.91. The second-order valence-electron chi connectivity index (χ2n) is 8.57. The lowest BCUT2D eigenvalue weighted by Gasteiger charge is -2.15. The summed E-state index contributed by atoms with van der Waals surface area (Å²) in [6.45, 7) is 3.45. The van der Waals surface area contributed by atoms with Crippen LogP contribution in [0.25, 0.3) is 22.3 Å². The Hall–Kier alpha value is -3.60. The first-order valence-electron chi connectivity index (χ1n) is 11.5. The van der Waals surface area contributed by atoms with Crippen LogP contribution in [0.4, 0.5) is 5.95 Å². The van der Waals surface area contributed by atoms with Crippen LogP contribution in [0.5, 0.6) is 11.8 Å². The molecule has 1 aromatic carbocycles. The van der Waals surface area contributed by atoms with Crippen molar-refractivity contribution in [3.63, 3.8) is 0 Å². The number of rotatable bonds is 10. The van der Waals surface area contributed by atoms with E-state index in [0.717, 1.165) is 34.9 Å². The average molecular weight is 557 g/mol. The van der Waals surface area contributed by atoms with Gasteiger partial charge < -0.3 is 24.5 Å². The van der Waals surface area contributed by atoms with Crippen LogP contribution in [0.2, 0.25) is 0 Å². The predicted molar refractivity (Wildman–Crippen MR) is 140 cm³/mol. The van der Waals surface area contributed by atoms with Gasteiger partial charge in [0, 0.05) is 24.1 Å². The minimum absolute atomic E-state index is 0.301. The zero-order chi connectivity index (χ0) is 25.8. The second-order valence-corrected chi connectivity index (χ2v) is 9.49. The van der Waals surface area contributed by atoms with Gasteiger partial charge in [0.05, 0.1) is 54.9 Å². The van der Waals surface area contributed by atoms with Crippen LogP contribution in [0.1, 0.15) is 30.1 Å². The number of carbonyl (C=O) groups excluding carboxylic acids is 1. The smallest absolute Gasteiger partial charge is 0.338 e. The second kappa shape index (κ2) is 11.0. The number of aromatic nitrogens is 5. The lowest BCUT2D eigenvalue weighted by molar-refractivity contribution is 0.0600. The molecule has 1 atom stereocenters. The number of fused-ring (bicyclic) bond motifs is 1. The Bertz CT molecular complexity index is 1380. The summed E-state index contributed by atoms with van der Waals surface area (Å²) >= 11 is 3.52. The van der Waals surface area contributed by atoms with E-state index in [4.69, 9.17) is 19.9 Å². The molecule has 0 bridgehead atoms. The van der Waals surface area contributed by atoms with E-state index in [2.05, 4.69) is 42.5 Å². The van der Waals surface area contributed by atoms with Gasteiger partial charge in [-0.1, -0.05) is 22.9 Å². The normalized spacial score (nSPS) is 12.0. The molecule has 36 heavy (non-hydrogen) atoms. The number of ether oxygens (including phenoxy) is 3. The number of esters is 1. The van der Waals surface area contributed by atoms with Crippen molar-refractivity contribution in [2.24, 2.45) is 13.0 Å². The van der Waals surface area contributed by atoms with E-state index in [9.17, 15) is 4.79 Å². The lowest BCUT2D eigenvalue weighted by atomic mass is 10.1. The first-order valence-corrected chi connectivity index (χ1v) is 12.3. The van der Waals surface area contributed by atoms with E-state index in [1.54, 1.807) is 24.0 Å². The van der Waals surface area contributed by atoms with E-state index in [0.29, 0.717) is 47.1 Å². The molecule has 0 saturated heterocycles. The van der Waals surface area contributed by atoms with Gasteiger partial charge in [-0.15, -0.1) is 0 Å². The zero-order valence-electron chi connectivity index (χ0n) is 20.7. The summed E-state index contributed by atoms with van der Waals surface area (Å²) in [5, 5.41) is 4.32. The molecule has 11 heteroatoms. The minimum atomic E-state index is -0.476. The predicted octanol–water partition coefficient (Wildman–Crippen LogP) is 4.47. The SMILES string of the molecule is COC(=O)c1cc(OC)nc(-c2cnn(C)c2OCCC[C@@H](C)Cn2c(N)nc3ccc(Br)cc32)c1. The van der Waals surface area contributed by atoms with Gasteiger partial charge in [-0.3, -0.25) is 0 Å². The van der Waals surface area contributed by atoms with Crippen molar-refractivity contribution in [2.45, 2.75) is 26.3 Å². The van der Waals surface area contributed by atoms with Crippen LogP contribution in [0.15, 0.2) is 41.0 Å². The van der Waals surface area contributed by atoms with Crippen LogP contribution in [0, 0.1) is 5.92 Å². The topological polar surface area (TPSA) is 119 Å². The molecule has 0 radical (unpaired) electrons. The van der Waals surface area contributed by atoms with Gasteiger partial charge in [-0.05, 0) is 43.0 Å². The van der Waals surface area contributed by atoms with Crippen molar-refractivity contribution in [1.29, 1.82) is 0 Å². The molecule has 0 saturated carbocycles. The molecule has 4 aromatic rings. The molecule has 2 N–H and O–H groups in total. The van der Waals surface area contributed by atoms with Crippen LogP contribution < -0.4 is 15.2 Å². The van der Waals surface area contributed by atoms with Crippen LogP contribution >= 0.6 is 15.9 Å². The maximum absolute atomic E-state index is 12.1. The summed E-state index contributed by atoms with van der Waals surface area (Å²) in [6.07, 6.45) is 3.43. The number of pyridine rings is 1. The average Bonchev–Trinajstić information content (AvgIpc) is 3.39. The largest absolute Gasteiger partial charge is 0.481 e. The summed E-state index contributed by atoms with van der Waals surface area (Å²) in [7, 11) is 4.62. The molecule has 0 unspecified atom stereocenters. The Kier molecular flexibility index (Phi) is 7.78. The molecule has 0 amide bonds. The van der Waals surface area contributed by atoms with Crippen molar-refractivity contribution >= 4 is 38.9 Å². The summed E-state index contributed by atoms with van der Waals surface area (Å²) in [6, 6.07) is 9.13. The number of methoxy groups -OCH3 is 2. The number of nitrogens with zero attached hydrogens (tertiary/aromatic N) is 5. The van der Waals surface area contributed by atoms with E-state index < -0.39 is 5.97 Å². The minimum Gasteiger partial charge on any atom is -0.481 e. The Balaban J connectivity index is 1.41. The van der Waals surface area contributed by atoms with Crippen LogP contribution in [0.3, 0.4) is 0 Å². The Morgan fingerprint density at radius 1 is 1.19 bits per heavy atom. The molecular weight excluding hydrogens is 528 g/mol. The highest BCUT2D eigenvalue weighted by atomic mass is 79.9. The maximum atomic E-state index is 12.1. The summed E-state index contributed by atoms with van der Waals surface area (Å²) in [4.78, 5) is 21.0. The first kappa shape index (κ1) is 25.5. The fraction of sp³-hybridized carbons (Fsp3) is 0.360. The standard InChI is InChI=1S/C25H29BrN6O4/c1-15(14-32-21-12-17(26)7-8-19(21)30-25(32)27)6-5-9-36-23-18(13-28-31(23)2)20-10-16(24(33)35-4)11-22(29-20)34-3/h7-8,10-13,15H,5-6,9,14H2,1-4H3,(H2,27,30)/t15-/m1/s1. The quantitative estimate of drug-likeness (QED) is 0.224. The van der Waals surface area contributed by atoms with Crippen molar-refractivity contribution in [1.82, 2.24) is 24.3 Å². The zero-order valence-corrected chi connectivity index (χ0v) is 22.3. The summed E-state index contributed by atoms with van der Waals surface area (Å²) in [5.41, 5.74) is 9.59. The highest BCUT2D eigenvalue weighted by Crippen LogP contribution is 2.31. The van der Waals surface area contributed by atoms with Gasteiger partial charge in [0.1, 0.15) is 0 Å². The van der Waals surface area contributed by atoms with Crippen molar-refractivity contribution in [3.05, 3.63) is 46.6 Å². The molecule has 10 nitrogen and oxygen atoms in total. The number of benzene rings is 1. The van der Waals surface area contributed by atoms with Gasteiger partial charge in [0.15, 0.2) is 0 Å². The maximum Gasteiger partial charge on any atom is 0.338 e. The first-order chi connectivity index (χ1) is 17.3. The molecule has 0 fully saturated rings. The fourth-order valence-electron chi connectivity index (χ4n) is 4.07. The van der Waals surface area contributed by atoms with Gasteiger partial charge in [-0.25, -0.2) is 19.4 Å². The van der Waals surface area contributed by atoms with Gasteiger partial charge >= 0.3 is 5.97 Å². The van der Waals surface area contributed by atoms with Crippen LogP contribution in [-0.2, 0) is 18.3 Å². The Morgan fingerprint density at radius 2 is 2.00 bits per heavy atom. The molecule has 3 aromatic heterocycles. The summed E-state index contributed by atoms with van der Waals surface area (Å²) in [5.74, 6) is 1.27. The molecule has 0 aliphatic heterocycles. The number of anilines is 1. The van der Waals surface area contributed by atoms with Crippen molar-refractivity contribution in [2.75, 3.05) is 26.6 Å². The van der Waals surface area contributed by atoms with Crippen LogP contribution in [-0.4, -0.2) is 51.1 Å². The highest BCUT2D eigenvalue weighted by Gasteiger charge is 2.18. The number of imidazole rings is 1. The molecule has 4 rings (SSSR count). The third-order valence-corrected chi connectivity index (χ3v) is 6.40. The third kappa shape index (κ3) is 5.46. The van der Waals surface area contributed by atoms with Gasteiger partial charge in [0.2, 0.25) is 17.7 Å². The number of nitrogen functional groups attached to an aromatic ring is 1. The molecule has 0 aliphatic carbocycles. The summed E-state index contributed by atoms with van der Waals surface area (Å²) < 4.78 is 20.9. The number of hydrogen-bond acceptors (Lipinski definition) is 8. The van der Waals surface area contributed by atoms with Crippen molar-refractivity contribution < 1.29 is 19.0 Å². The van der Waals surface area contributed by atoms with E-state index >= 15 is 0 Å². The van der Waals surface area contributed by atoms with Gasteiger partial charge in [0.25, 0.3) is 0 Å². The number of nitrogens with two attached hydrogens (primary N) is 1. The Morgan fingerprint density at radius 3 is 2.75 bits per heavy atom. The molecule has 0 spiro atoms. The number of hydrogen-bond donors (Lipinski definition) is 1. The van der Waals surface area contributed by atoms with Crippen molar-refractivity contribution in [3.8, 4) is 23.0 Å².